The lowest BCUT2D eigenvalue weighted by Crippen LogP contribution is -2.40. The number of morpholine rings is 1. The van der Waals surface area contributed by atoms with Crippen LogP contribution >= 0.6 is 0 Å². The van der Waals surface area contributed by atoms with Crippen molar-refractivity contribution < 1.29 is 18.7 Å². The van der Waals surface area contributed by atoms with Crippen molar-refractivity contribution in [3.8, 4) is 0 Å². The number of hydrogen-bond donors (Lipinski definition) is 0. The van der Waals surface area contributed by atoms with Crippen LogP contribution in [0, 0.1) is 5.82 Å². The SMILES string of the molecule is O=C1C(c2ccc(F)cc2)=C(N2CCOCC2)C(=O)N1Cc1ccccc1. The zero-order valence-corrected chi connectivity index (χ0v) is 14.7. The second-order valence-electron chi connectivity index (χ2n) is 6.51. The second-order valence-corrected chi connectivity index (χ2v) is 6.51. The highest BCUT2D eigenvalue weighted by Crippen LogP contribution is 2.33. The standard InChI is InChI=1S/C21H19FN2O3/c22-17-8-6-16(7-9-17)18-19(23-10-12-27-13-11-23)21(26)24(20(18)25)14-15-4-2-1-3-5-15/h1-9H,10-14H2. The van der Waals surface area contributed by atoms with Gasteiger partial charge in [-0.3, -0.25) is 14.5 Å². The third-order valence-corrected chi connectivity index (χ3v) is 4.79. The molecule has 0 unspecified atom stereocenters. The Morgan fingerprint density at radius 2 is 1.56 bits per heavy atom. The molecule has 6 heteroatoms. The molecule has 27 heavy (non-hydrogen) atoms. The minimum absolute atomic E-state index is 0.205. The Balaban J connectivity index is 1.73. The molecule has 0 radical (unpaired) electrons. The summed E-state index contributed by atoms with van der Waals surface area (Å²) in [5, 5.41) is 0. The maximum atomic E-state index is 13.4. The molecule has 2 aromatic rings. The quantitative estimate of drug-likeness (QED) is 0.780. The highest BCUT2D eigenvalue weighted by Gasteiger charge is 2.41. The number of imide groups is 1. The number of carbonyl (C=O) groups is 2. The predicted molar refractivity (Wildman–Crippen MR) is 97.7 cm³/mol. The first-order chi connectivity index (χ1) is 13.1. The lowest BCUT2D eigenvalue weighted by atomic mass is 10.0. The van der Waals surface area contributed by atoms with Gasteiger partial charge in [0.25, 0.3) is 11.8 Å². The smallest absolute Gasteiger partial charge is 0.278 e. The maximum absolute atomic E-state index is 13.4. The number of ether oxygens (including phenoxy) is 1. The molecule has 0 atom stereocenters. The first kappa shape index (κ1) is 17.4. The van der Waals surface area contributed by atoms with Crippen LogP contribution in [-0.4, -0.2) is 47.9 Å². The molecule has 2 amide bonds. The van der Waals surface area contributed by atoms with E-state index in [0.717, 1.165) is 5.56 Å². The van der Waals surface area contributed by atoms with Crippen LogP contribution in [-0.2, 0) is 20.9 Å². The van der Waals surface area contributed by atoms with Crippen LogP contribution < -0.4 is 0 Å². The Morgan fingerprint density at radius 1 is 0.889 bits per heavy atom. The molecule has 1 saturated heterocycles. The number of amides is 2. The van der Waals surface area contributed by atoms with Gasteiger partial charge in [0.1, 0.15) is 11.5 Å². The normalized spacial score (nSPS) is 17.8. The fraction of sp³-hybridized carbons (Fsp3) is 0.238. The Kier molecular flexibility index (Phi) is 4.73. The van der Waals surface area contributed by atoms with E-state index >= 15 is 0 Å². The van der Waals surface area contributed by atoms with Crippen molar-refractivity contribution in [1.29, 1.82) is 0 Å². The van der Waals surface area contributed by atoms with Gasteiger partial charge in [0.05, 0.1) is 25.3 Å². The van der Waals surface area contributed by atoms with Gasteiger partial charge in [-0.1, -0.05) is 42.5 Å². The molecular formula is C21H19FN2O3. The molecule has 138 valence electrons. The highest BCUT2D eigenvalue weighted by molar-refractivity contribution is 6.35. The van der Waals surface area contributed by atoms with Gasteiger partial charge in [-0.25, -0.2) is 4.39 Å². The Labute approximate surface area is 156 Å². The summed E-state index contributed by atoms with van der Waals surface area (Å²) < 4.78 is 18.7. The van der Waals surface area contributed by atoms with Gasteiger partial charge in [-0.05, 0) is 23.3 Å². The van der Waals surface area contributed by atoms with E-state index in [0.29, 0.717) is 43.1 Å². The molecule has 2 aliphatic rings. The lowest BCUT2D eigenvalue weighted by Gasteiger charge is -2.29. The van der Waals surface area contributed by atoms with E-state index in [2.05, 4.69) is 0 Å². The number of nitrogens with zero attached hydrogens (tertiary/aromatic N) is 2. The molecule has 0 saturated carbocycles. The van der Waals surface area contributed by atoms with Crippen molar-refractivity contribution in [3.05, 3.63) is 77.2 Å². The Morgan fingerprint density at radius 3 is 2.22 bits per heavy atom. The summed E-state index contributed by atoms with van der Waals surface area (Å²) in [6.45, 7) is 2.29. The third kappa shape index (κ3) is 3.36. The first-order valence-corrected chi connectivity index (χ1v) is 8.88. The van der Waals surface area contributed by atoms with E-state index in [1.54, 1.807) is 12.1 Å². The molecule has 0 bridgehead atoms. The summed E-state index contributed by atoms with van der Waals surface area (Å²) in [7, 11) is 0. The summed E-state index contributed by atoms with van der Waals surface area (Å²) in [6, 6.07) is 15.1. The minimum Gasteiger partial charge on any atom is -0.378 e. The van der Waals surface area contributed by atoms with Crippen LogP contribution in [0.3, 0.4) is 0 Å². The summed E-state index contributed by atoms with van der Waals surface area (Å²) in [5.74, 6) is -1.05. The molecule has 2 aromatic carbocycles. The highest BCUT2D eigenvalue weighted by atomic mass is 19.1. The van der Waals surface area contributed by atoms with Gasteiger partial charge in [-0.15, -0.1) is 0 Å². The molecule has 0 aromatic heterocycles. The Bertz CT molecular complexity index is 887. The van der Waals surface area contributed by atoms with Crippen molar-refractivity contribution in [2.75, 3.05) is 26.3 Å². The molecule has 0 aliphatic carbocycles. The summed E-state index contributed by atoms with van der Waals surface area (Å²) in [5.41, 5.74) is 2.14. The molecule has 2 aliphatic heterocycles. The predicted octanol–water partition coefficient (Wildman–Crippen LogP) is 2.44. The van der Waals surface area contributed by atoms with Crippen molar-refractivity contribution in [1.82, 2.24) is 9.80 Å². The summed E-state index contributed by atoms with van der Waals surface area (Å²) in [6.07, 6.45) is 0. The van der Waals surface area contributed by atoms with E-state index < -0.39 is 0 Å². The monoisotopic (exact) mass is 366 g/mol. The number of rotatable bonds is 4. The van der Waals surface area contributed by atoms with Crippen LogP contribution in [0.1, 0.15) is 11.1 Å². The van der Waals surface area contributed by atoms with Gasteiger partial charge < -0.3 is 9.64 Å². The van der Waals surface area contributed by atoms with Gasteiger partial charge in [0.2, 0.25) is 0 Å². The first-order valence-electron chi connectivity index (χ1n) is 8.88. The van der Waals surface area contributed by atoms with E-state index in [1.807, 2.05) is 35.2 Å². The molecule has 0 spiro atoms. The average molecular weight is 366 g/mol. The van der Waals surface area contributed by atoms with Gasteiger partial charge >= 0.3 is 0 Å². The molecule has 1 fully saturated rings. The van der Waals surface area contributed by atoms with E-state index in [9.17, 15) is 14.0 Å². The molecule has 2 heterocycles. The number of halogens is 1. The minimum atomic E-state index is -0.384. The average Bonchev–Trinajstić information content (AvgIpc) is 2.95. The van der Waals surface area contributed by atoms with Crippen molar-refractivity contribution >= 4 is 17.4 Å². The van der Waals surface area contributed by atoms with Crippen molar-refractivity contribution in [2.45, 2.75) is 6.54 Å². The lowest BCUT2D eigenvalue weighted by molar-refractivity contribution is -0.138. The van der Waals surface area contributed by atoms with Crippen LogP contribution in [0.2, 0.25) is 0 Å². The molecule has 0 N–H and O–H groups in total. The van der Waals surface area contributed by atoms with Gasteiger partial charge in [-0.2, -0.15) is 0 Å². The van der Waals surface area contributed by atoms with Crippen molar-refractivity contribution in [2.24, 2.45) is 0 Å². The topological polar surface area (TPSA) is 49.9 Å². The number of carbonyl (C=O) groups excluding carboxylic acids is 2. The molecular weight excluding hydrogens is 347 g/mol. The third-order valence-electron chi connectivity index (χ3n) is 4.79. The van der Waals surface area contributed by atoms with E-state index in [-0.39, 0.29) is 24.2 Å². The Hall–Kier alpha value is -2.99. The molecule has 4 rings (SSSR count). The second kappa shape index (κ2) is 7.32. The van der Waals surface area contributed by atoms with E-state index in [4.69, 9.17) is 4.74 Å². The van der Waals surface area contributed by atoms with Gasteiger partial charge in [0.15, 0.2) is 0 Å². The zero-order valence-electron chi connectivity index (χ0n) is 14.7. The van der Waals surface area contributed by atoms with Gasteiger partial charge in [0, 0.05) is 13.1 Å². The van der Waals surface area contributed by atoms with Crippen LogP contribution in [0.4, 0.5) is 4.39 Å². The number of hydrogen-bond acceptors (Lipinski definition) is 4. The number of benzene rings is 2. The fourth-order valence-electron chi connectivity index (χ4n) is 3.43. The largest absolute Gasteiger partial charge is 0.378 e. The summed E-state index contributed by atoms with van der Waals surface area (Å²) in [4.78, 5) is 29.5. The summed E-state index contributed by atoms with van der Waals surface area (Å²) >= 11 is 0. The maximum Gasteiger partial charge on any atom is 0.278 e. The van der Waals surface area contributed by atoms with Crippen LogP contribution in [0.25, 0.3) is 5.57 Å². The van der Waals surface area contributed by atoms with Crippen molar-refractivity contribution in [3.63, 3.8) is 0 Å². The fourth-order valence-corrected chi connectivity index (χ4v) is 3.43. The van der Waals surface area contributed by atoms with Crippen LogP contribution in [0.15, 0.2) is 60.3 Å². The molecule has 5 nitrogen and oxygen atoms in total. The van der Waals surface area contributed by atoms with E-state index in [1.165, 1.54) is 17.0 Å². The zero-order chi connectivity index (χ0) is 18.8. The van der Waals surface area contributed by atoms with Crippen LogP contribution in [0.5, 0.6) is 0 Å².